The summed E-state index contributed by atoms with van der Waals surface area (Å²) in [6.07, 6.45) is 0.883. The minimum atomic E-state index is -0.478. The minimum Gasteiger partial charge on any atom is -0.465 e. The highest BCUT2D eigenvalue weighted by atomic mass is 16.5. The van der Waals surface area contributed by atoms with Crippen LogP contribution in [0.2, 0.25) is 0 Å². The number of nitrogens with zero attached hydrogens (tertiary/aromatic N) is 1. The number of aryl methyl sites for hydroxylation is 1. The fourth-order valence-electron chi connectivity index (χ4n) is 2.06. The fourth-order valence-corrected chi connectivity index (χ4v) is 2.06. The van der Waals surface area contributed by atoms with E-state index in [1.54, 1.807) is 13.1 Å². The van der Waals surface area contributed by atoms with E-state index in [2.05, 4.69) is 5.32 Å². The number of nitrogens with two attached hydrogens (primary N) is 1. The second-order valence-corrected chi connectivity index (χ2v) is 4.81. The van der Waals surface area contributed by atoms with Crippen molar-refractivity contribution in [1.29, 1.82) is 0 Å². The highest BCUT2D eigenvalue weighted by Crippen LogP contribution is 2.26. The number of anilines is 2. The van der Waals surface area contributed by atoms with Gasteiger partial charge in [0.25, 0.3) is 0 Å². The first kappa shape index (κ1) is 16.8. The van der Waals surface area contributed by atoms with Crippen molar-refractivity contribution in [2.75, 3.05) is 37.9 Å². The van der Waals surface area contributed by atoms with Gasteiger partial charge in [-0.1, -0.05) is 6.92 Å². The molecule has 0 aliphatic heterocycles. The minimum absolute atomic E-state index is 0.0856. The molecule has 116 valence electrons. The Kier molecular flexibility index (Phi) is 6.02. The molecule has 0 saturated heterocycles. The molecule has 0 aliphatic carbocycles. The van der Waals surface area contributed by atoms with Gasteiger partial charge >= 0.3 is 5.97 Å². The Morgan fingerprint density at radius 2 is 2.05 bits per heavy atom. The quantitative estimate of drug-likeness (QED) is 0.610. The molecule has 0 atom stereocenters. The van der Waals surface area contributed by atoms with Crippen molar-refractivity contribution in [2.24, 2.45) is 0 Å². The van der Waals surface area contributed by atoms with Crippen LogP contribution in [0.1, 0.15) is 29.3 Å². The lowest BCUT2D eigenvalue weighted by atomic mass is 10.1. The Balaban J connectivity index is 3.22. The third-order valence-electron chi connectivity index (χ3n) is 3.25. The predicted molar refractivity (Wildman–Crippen MR) is 83.5 cm³/mol. The van der Waals surface area contributed by atoms with Gasteiger partial charge in [0, 0.05) is 25.0 Å². The van der Waals surface area contributed by atoms with Crippen LogP contribution >= 0.6 is 0 Å². The third kappa shape index (κ3) is 4.11. The topological polar surface area (TPSA) is 84.7 Å². The van der Waals surface area contributed by atoms with Crippen LogP contribution < -0.4 is 16.0 Å². The molecule has 1 aromatic carbocycles. The van der Waals surface area contributed by atoms with Gasteiger partial charge < -0.3 is 20.7 Å². The lowest BCUT2D eigenvalue weighted by molar-refractivity contribution is -0.119. The molecule has 0 saturated carbocycles. The van der Waals surface area contributed by atoms with Crippen molar-refractivity contribution in [3.8, 4) is 0 Å². The van der Waals surface area contributed by atoms with Crippen LogP contribution in [0.3, 0.4) is 0 Å². The number of esters is 1. The van der Waals surface area contributed by atoms with E-state index < -0.39 is 5.97 Å². The van der Waals surface area contributed by atoms with Gasteiger partial charge in [0.15, 0.2) is 0 Å². The Morgan fingerprint density at radius 1 is 1.38 bits per heavy atom. The molecule has 0 aliphatic rings. The Bertz CT molecular complexity index is 529. The van der Waals surface area contributed by atoms with Gasteiger partial charge in [-0.15, -0.1) is 0 Å². The standard InChI is InChI=1S/C15H23N3O3/c1-5-6-18(9-13(19)17-3)11-7-10(2)14(16)12(8-11)15(20)21-4/h7-8H,5-6,9,16H2,1-4H3,(H,17,19). The van der Waals surface area contributed by atoms with E-state index in [1.165, 1.54) is 7.11 Å². The maximum Gasteiger partial charge on any atom is 0.340 e. The van der Waals surface area contributed by atoms with E-state index in [9.17, 15) is 9.59 Å². The summed E-state index contributed by atoms with van der Waals surface area (Å²) in [6, 6.07) is 3.55. The van der Waals surface area contributed by atoms with E-state index in [4.69, 9.17) is 10.5 Å². The summed E-state index contributed by atoms with van der Waals surface area (Å²) in [5, 5.41) is 2.60. The van der Waals surface area contributed by atoms with Gasteiger partial charge in [0.05, 0.1) is 19.2 Å². The number of hydrogen-bond donors (Lipinski definition) is 2. The molecule has 0 heterocycles. The zero-order chi connectivity index (χ0) is 16.0. The molecule has 0 bridgehead atoms. The summed E-state index contributed by atoms with van der Waals surface area (Å²) in [5.74, 6) is -0.564. The number of ether oxygens (including phenoxy) is 1. The van der Waals surface area contributed by atoms with E-state index >= 15 is 0 Å². The van der Waals surface area contributed by atoms with Gasteiger partial charge in [-0.25, -0.2) is 4.79 Å². The molecule has 21 heavy (non-hydrogen) atoms. The summed E-state index contributed by atoms with van der Waals surface area (Å²) in [4.78, 5) is 25.3. The number of nitrogen functional groups attached to an aromatic ring is 1. The number of hydrogen-bond acceptors (Lipinski definition) is 5. The molecule has 0 fully saturated rings. The van der Waals surface area contributed by atoms with E-state index in [1.807, 2.05) is 24.8 Å². The van der Waals surface area contributed by atoms with Gasteiger partial charge in [0.1, 0.15) is 0 Å². The Labute approximate surface area is 125 Å². The molecule has 3 N–H and O–H groups in total. The molecular weight excluding hydrogens is 270 g/mol. The van der Waals surface area contributed by atoms with Crippen molar-refractivity contribution in [3.63, 3.8) is 0 Å². The molecule has 1 aromatic rings. The zero-order valence-corrected chi connectivity index (χ0v) is 13.0. The monoisotopic (exact) mass is 293 g/mol. The molecule has 1 rings (SSSR count). The lowest BCUT2D eigenvalue weighted by Crippen LogP contribution is -2.36. The van der Waals surface area contributed by atoms with Crippen LogP contribution in [0.5, 0.6) is 0 Å². The summed E-state index contributed by atoms with van der Waals surface area (Å²) in [5.41, 5.74) is 8.23. The molecule has 0 radical (unpaired) electrons. The van der Waals surface area contributed by atoms with Gasteiger partial charge in [-0.2, -0.15) is 0 Å². The van der Waals surface area contributed by atoms with Gasteiger partial charge in [-0.3, -0.25) is 4.79 Å². The van der Waals surface area contributed by atoms with Crippen LogP contribution in [0.25, 0.3) is 0 Å². The lowest BCUT2D eigenvalue weighted by Gasteiger charge is -2.25. The second kappa shape index (κ2) is 7.52. The third-order valence-corrected chi connectivity index (χ3v) is 3.25. The molecule has 1 amide bonds. The Hall–Kier alpha value is -2.24. The van der Waals surface area contributed by atoms with Crippen LogP contribution in [0, 0.1) is 6.92 Å². The summed E-state index contributed by atoms with van der Waals surface area (Å²) in [6.45, 7) is 4.79. The highest BCUT2D eigenvalue weighted by Gasteiger charge is 2.17. The van der Waals surface area contributed by atoms with Crippen molar-refractivity contribution in [2.45, 2.75) is 20.3 Å². The Morgan fingerprint density at radius 3 is 2.57 bits per heavy atom. The summed E-state index contributed by atoms with van der Waals surface area (Å²) < 4.78 is 4.75. The number of rotatable bonds is 6. The highest BCUT2D eigenvalue weighted by molar-refractivity contribution is 5.97. The smallest absolute Gasteiger partial charge is 0.340 e. The van der Waals surface area contributed by atoms with E-state index in [0.29, 0.717) is 17.8 Å². The largest absolute Gasteiger partial charge is 0.465 e. The van der Waals surface area contributed by atoms with Crippen molar-refractivity contribution in [3.05, 3.63) is 23.3 Å². The number of nitrogens with one attached hydrogen (secondary N) is 1. The first-order valence-electron chi connectivity index (χ1n) is 6.88. The van der Waals surface area contributed by atoms with Crippen molar-refractivity contribution in [1.82, 2.24) is 5.32 Å². The first-order chi connectivity index (χ1) is 9.94. The normalized spacial score (nSPS) is 10.1. The SMILES string of the molecule is CCCN(CC(=O)NC)c1cc(C)c(N)c(C(=O)OC)c1. The summed E-state index contributed by atoms with van der Waals surface area (Å²) >= 11 is 0. The molecular formula is C15H23N3O3. The van der Waals surface area contributed by atoms with Gasteiger partial charge in [-0.05, 0) is 31.0 Å². The average Bonchev–Trinajstić information content (AvgIpc) is 2.48. The number of benzene rings is 1. The van der Waals surface area contributed by atoms with Crippen LogP contribution in [-0.2, 0) is 9.53 Å². The van der Waals surface area contributed by atoms with Crippen LogP contribution in [0.4, 0.5) is 11.4 Å². The number of methoxy groups -OCH3 is 1. The predicted octanol–water partition coefficient (Wildman–Crippen LogP) is 1.33. The van der Waals surface area contributed by atoms with Gasteiger partial charge in [0.2, 0.25) is 5.91 Å². The molecule has 0 spiro atoms. The number of carbonyl (C=O) groups is 2. The van der Waals surface area contributed by atoms with Crippen molar-refractivity contribution < 1.29 is 14.3 Å². The zero-order valence-electron chi connectivity index (χ0n) is 13.0. The summed E-state index contributed by atoms with van der Waals surface area (Å²) in [7, 11) is 2.92. The number of carbonyl (C=O) groups excluding carboxylic acids is 2. The number of likely N-dealkylation sites (N-methyl/N-ethyl adjacent to an activating group) is 1. The van der Waals surface area contributed by atoms with Crippen LogP contribution in [0.15, 0.2) is 12.1 Å². The second-order valence-electron chi connectivity index (χ2n) is 4.81. The molecule has 6 nitrogen and oxygen atoms in total. The molecule has 6 heteroatoms. The fraction of sp³-hybridized carbons (Fsp3) is 0.467. The number of amides is 1. The van der Waals surface area contributed by atoms with Crippen LogP contribution in [-0.4, -0.2) is 39.1 Å². The average molecular weight is 293 g/mol. The van der Waals surface area contributed by atoms with E-state index in [0.717, 1.165) is 17.7 Å². The first-order valence-corrected chi connectivity index (χ1v) is 6.88. The molecule has 0 aromatic heterocycles. The maximum absolute atomic E-state index is 11.8. The van der Waals surface area contributed by atoms with Crippen molar-refractivity contribution >= 4 is 23.3 Å². The van der Waals surface area contributed by atoms with E-state index in [-0.39, 0.29) is 12.5 Å². The maximum atomic E-state index is 11.8. The molecule has 0 unspecified atom stereocenters.